The molecule has 2 aromatic heterocycles. The van der Waals surface area contributed by atoms with Crippen molar-refractivity contribution < 1.29 is 4.74 Å². The number of ether oxygens (including phenoxy) is 1. The molecule has 0 aliphatic carbocycles. The summed E-state index contributed by atoms with van der Waals surface area (Å²) in [7, 11) is 1.67. The van der Waals surface area contributed by atoms with Crippen LogP contribution in [0.2, 0.25) is 0 Å². The first-order chi connectivity index (χ1) is 12.7. The van der Waals surface area contributed by atoms with Crippen LogP contribution in [0.1, 0.15) is 10.4 Å². The minimum Gasteiger partial charge on any atom is -0.496 e. The molecule has 0 aliphatic heterocycles. The zero-order valence-electron chi connectivity index (χ0n) is 14.8. The van der Waals surface area contributed by atoms with Gasteiger partial charge in [0.1, 0.15) is 5.75 Å². The van der Waals surface area contributed by atoms with Gasteiger partial charge in [-0.15, -0.1) is 35.1 Å². The molecule has 0 spiro atoms. The smallest absolute Gasteiger partial charge is 0.194 e. The van der Waals surface area contributed by atoms with Crippen molar-refractivity contribution in [3.8, 4) is 16.3 Å². The number of nitrogens with two attached hydrogens (primary N) is 2. The number of thiazole rings is 1. The van der Waals surface area contributed by atoms with Crippen molar-refractivity contribution in [2.45, 2.75) is 13.0 Å². The fourth-order valence-electron chi connectivity index (χ4n) is 2.42. The number of aliphatic imine (C=N–C) groups is 1. The quantitative estimate of drug-likeness (QED) is 0.397. The molecular weight excluding hydrogens is 402 g/mol. The van der Waals surface area contributed by atoms with E-state index in [0.29, 0.717) is 19.0 Å². The zero-order chi connectivity index (χ0) is 18.4. The lowest BCUT2D eigenvalue weighted by Gasteiger charge is -2.06. The van der Waals surface area contributed by atoms with Crippen LogP contribution in [-0.4, -0.2) is 24.6 Å². The maximum atomic E-state index is 5.97. The molecular formula is C18H22ClN5OS2. The van der Waals surface area contributed by atoms with E-state index in [1.165, 1.54) is 11.3 Å². The van der Waals surface area contributed by atoms with Crippen molar-refractivity contribution in [2.75, 3.05) is 19.0 Å². The number of hydrogen-bond donors (Lipinski definition) is 3. The molecule has 0 bridgehead atoms. The highest BCUT2D eigenvalue weighted by molar-refractivity contribution is 7.17. The highest BCUT2D eigenvalue weighted by atomic mass is 35.5. The highest BCUT2D eigenvalue weighted by Crippen LogP contribution is 2.30. The molecule has 0 radical (unpaired) electrons. The lowest BCUT2D eigenvalue weighted by atomic mass is 10.1. The number of nitrogens with zero attached hydrogens (tertiary/aromatic N) is 2. The van der Waals surface area contributed by atoms with Gasteiger partial charge in [-0.3, -0.25) is 4.99 Å². The molecule has 0 amide bonds. The first kappa shape index (κ1) is 21.2. The first-order valence-corrected chi connectivity index (χ1v) is 9.82. The Balaban J connectivity index is 0.00000261. The van der Waals surface area contributed by atoms with E-state index in [-0.39, 0.29) is 12.4 Å². The van der Waals surface area contributed by atoms with Crippen LogP contribution in [0.5, 0.6) is 5.75 Å². The Bertz CT molecular complexity index is 893. The second-order valence-corrected chi connectivity index (χ2v) is 7.49. The van der Waals surface area contributed by atoms with E-state index in [4.69, 9.17) is 16.2 Å². The molecule has 6 nitrogen and oxygen atoms in total. The summed E-state index contributed by atoms with van der Waals surface area (Å²) in [6, 6.07) is 12.0. The fourth-order valence-corrected chi connectivity index (χ4v) is 4.06. The monoisotopic (exact) mass is 423 g/mol. The second kappa shape index (κ2) is 10.3. The van der Waals surface area contributed by atoms with Crippen molar-refractivity contribution in [2.24, 2.45) is 16.5 Å². The molecule has 0 saturated carbocycles. The minimum absolute atomic E-state index is 0. The largest absolute Gasteiger partial charge is 0.496 e. The lowest BCUT2D eigenvalue weighted by Crippen LogP contribution is -2.23. The van der Waals surface area contributed by atoms with Crippen LogP contribution < -0.4 is 21.5 Å². The van der Waals surface area contributed by atoms with Crippen LogP contribution in [0.15, 0.2) is 46.8 Å². The number of methoxy groups -OCH3 is 1. The van der Waals surface area contributed by atoms with Crippen LogP contribution >= 0.6 is 35.1 Å². The van der Waals surface area contributed by atoms with Gasteiger partial charge in [-0.2, -0.15) is 0 Å². The molecule has 3 rings (SSSR count). The van der Waals surface area contributed by atoms with E-state index in [1.807, 2.05) is 41.8 Å². The highest BCUT2D eigenvalue weighted by Gasteiger charge is 2.08. The van der Waals surface area contributed by atoms with Crippen LogP contribution in [0, 0.1) is 0 Å². The molecule has 5 N–H and O–H groups in total. The molecule has 3 aromatic rings. The predicted molar refractivity (Wildman–Crippen MR) is 117 cm³/mol. The zero-order valence-corrected chi connectivity index (χ0v) is 17.3. The summed E-state index contributed by atoms with van der Waals surface area (Å²) in [5.74, 6) is 1.22. The number of anilines is 1. The second-order valence-electron chi connectivity index (χ2n) is 5.46. The molecule has 1 aromatic carbocycles. The molecule has 2 heterocycles. The average Bonchev–Trinajstić information content (AvgIpc) is 3.31. The summed E-state index contributed by atoms with van der Waals surface area (Å²) in [6.07, 6.45) is 0.757. The summed E-state index contributed by atoms with van der Waals surface area (Å²) >= 11 is 3.15. The van der Waals surface area contributed by atoms with E-state index in [2.05, 4.69) is 15.3 Å². The number of hydrogen-bond acceptors (Lipinski definition) is 6. The van der Waals surface area contributed by atoms with Gasteiger partial charge in [0.15, 0.2) is 11.1 Å². The van der Waals surface area contributed by atoms with Crippen LogP contribution in [0.25, 0.3) is 10.6 Å². The Hall–Kier alpha value is -2.13. The Kier molecular flexibility index (Phi) is 8.05. The van der Waals surface area contributed by atoms with Crippen LogP contribution in [0.3, 0.4) is 0 Å². The fraction of sp³-hybridized carbons (Fsp3) is 0.222. The summed E-state index contributed by atoms with van der Waals surface area (Å²) < 4.78 is 5.34. The Morgan fingerprint density at radius 2 is 2.07 bits per heavy atom. The minimum atomic E-state index is 0. The van der Waals surface area contributed by atoms with Crippen molar-refractivity contribution in [3.63, 3.8) is 0 Å². The van der Waals surface area contributed by atoms with Gasteiger partial charge in [0.25, 0.3) is 0 Å². The van der Waals surface area contributed by atoms with E-state index < -0.39 is 0 Å². The van der Waals surface area contributed by atoms with Gasteiger partial charge < -0.3 is 21.5 Å². The number of thiophene rings is 1. The number of halogens is 1. The number of rotatable bonds is 7. The van der Waals surface area contributed by atoms with Crippen molar-refractivity contribution in [1.82, 2.24) is 4.98 Å². The molecule has 0 saturated heterocycles. The normalized spacial score (nSPS) is 11.1. The Labute approximate surface area is 172 Å². The standard InChI is InChI=1S/C18H21N5OS2.ClH/c1-24-15-5-3-2-4-12(15)8-9-21-17(20)23-18-22-14(11-25-18)16-7-6-13(10-19)26-16;/h2-7,11H,8-10,19H2,1H3,(H3,20,21,22,23);1H. The van der Waals surface area contributed by atoms with E-state index in [9.17, 15) is 0 Å². The van der Waals surface area contributed by atoms with Crippen molar-refractivity contribution >= 4 is 46.2 Å². The maximum Gasteiger partial charge on any atom is 0.194 e. The van der Waals surface area contributed by atoms with Crippen molar-refractivity contribution in [3.05, 3.63) is 52.2 Å². The number of benzene rings is 1. The average molecular weight is 424 g/mol. The summed E-state index contributed by atoms with van der Waals surface area (Å²) in [6.45, 7) is 1.12. The van der Waals surface area contributed by atoms with Gasteiger partial charge in [0.05, 0.1) is 17.7 Å². The first-order valence-electron chi connectivity index (χ1n) is 8.13. The third-order valence-corrected chi connectivity index (χ3v) is 5.60. The van der Waals surface area contributed by atoms with Gasteiger partial charge in [-0.05, 0) is 30.2 Å². The van der Waals surface area contributed by atoms with Crippen LogP contribution in [0.4, 0.5) is 5.13 Å². The summed E-state index contributed by atoms with van der Waals surface area (Å²) in [4.78, 5) is 11.2. The number of guanidine groups is 1. The molecule has 0 aliphatic rings. The van der Waals surface area contributed by atoms with Gasteiger partial charge in [0, 0.05) is 23.3 Å². The van der Waals surface area contributed by atoms with E-state index in [0.717, 1.165) is 38.3 Å². The topological polar surface area (TPSA) is 98.5 Å². The number of para-hydroxylation sites is 1. The van der Waals surface area contributed by atoms with Gasteiger partial charge >= 0.3 is 0 Å². The number of aromatic nitrogens is 1. The Morgan fingerprint density at radius 1 is 1.26 bits per heavy atom. The molecule has 9 heteroatoms. The molecule has 0 atom stereocenters. The summed E-state index contributed by atoms with van der Waals surface area (Å²) in [5, 5.41) is 5.77. The molecule has 0 unspecified atom stereocenters. The third-order valence-electron chi connectivity index (χ3n) is 3.71. The van der Waals surface area contributed by atoms with E-state index >= 15 is 0 Å². The van der Waals surface area contributed by atoms with Crippen LogP contribution in [-0.2, 0) is 13.0 Å². The molecule has 144 valence electrons. The lowest BCUT2D eigenvalue weighted by molar-refractivity contribution is 0.410. The molecule has 27 heavy (non-hydrogen) atoms. The predicted octanol–water partition coefficient (Wildman–Crippen LogP) is 3.73. The maximum absolute atomic E-state index is 5.97. The number of nitrogens with one attached hydrogen (secondary N) is 1. The van der Waals surface area contributed by atoms with Gasteiger partial charge in [-0.1, -0.05) is 18.2 Å². The van der Waals surface area contributed by atoms with Gasteiger partial charge in [-0.25, -0.2) is 4.98 Å². The van der Waals surface area contributed by atoms with E-state index in [1.54, 1.807) is 18.4 Å². The van der Waals surface area contributed by atoms with Crippen molar-refractivity contribution in [1.29, 1.82) is 0 Å². The SMILES string of the molecule is COc1ccccc1CCN=C(N)Nc1nc(-c2ccc(CN)s2)cs1.Cl. The third kappa shape index (κ3) is 5.67. The summed E-state index contributed by atoms with van der Waals surface area (Å²) in [5.41, 5.74) is 13.7. The molecule has 0 fully saturated rings. The van der Waals surface area contributed by atoms with Gasteiger partial charge in [0.2, 0.25) is 0 Å². The Morgan fingerprint density at radius 3 is 2.81 bits per heavy atom.